The summed E-state index contributed by atoms with van der Waals surface area (Å²) in [5.74, 6) is 0.705. The van der Waals surface area contributed by atoms with Crippen molar-refractivity contribution in [3.8, 4) is 5.75 Å². The van der Waals surface area contributed by atoms with E-state index in [0.29, 0.717) is 17.2 Å². The lowest BCUT2D eigenvalue weighted by Gasteiger charge is -2.28. The Labute approximate surface area is 166 Å². The Hall–Kier alpha value is -2.36. The van der Waals surface area contributed by atoms with Gasteiger partial charge in [0.25, 0.3) is 0 Å². The van der Waals surface area contributed by atoms with Crippen molar-refractivity contribution in [3.63, 3.8) is 0 Å². The van der Waals surface area contributed by atoms with Gasteiger partial charge in [0.05, 0.1) is 5.70 Å². The number of hydrogen-bond donors (Lipinski definition) is 3. The van der Waals surface area contributed by atoms with Crippen LogP contribution in [0.15, 0.2) is 53.4 Å². The number of phenols is 1. The van der Waals surface area contributed by atoms with E-state index in [1.165, 1.54) is 5.57 Å². The van der Waals surface area contributed by atoms with Gasteiger partial charge in [-0.1, -0.05) is 44.6 Å². The molecule has 0 aromatic heterocycles. The van der Waals surface area contributed by atoms with Gasteiger partial charge in [0, 0.05) is 30.0 Å². The van der Waals surface area contributed by atoms with Crippen LogP contribution in [-0.2, 0) is 0 Å². The molecule has 0 saturated heterocycles. The number of aromatic hydroxyl groups is 1. The highest BCUT2D eigenvalue weighted by Gasteiger charge is 2.13. The van der Waals surface area contributed by atoms with Gasteiger partial charge >= 0.3 is 0 Å². The van der Waals surface area contributed by atoms with Gasteiger partial charge in [-0.15, -0.1) is 0 Å². The Morgan fingerprint density at radius 2 is 1.70 bits per heavy atom. The van der Waals surface area contributed by atoms with Crippen molar-refractivity contribution in [2.24, 2.45) is 17.4 Å². The molecule has 0 aliphatic rings. The Morgan fingerprint density at radius 1 is 1.15 bits per heavy atom. The van der Waals surface area contributed by atoms with Gasteiger partial charge in [-0.2, -0.15) is 0 Å². The minimum atomic E-state index is 0.177. The van der Waals surface area contributed by atoms with Crippen molar-refractivity contribution in [1.82, 2.24) is 4.90 Å². The molecule has 0 radical (unpaired) electrons. The van der Waals surface area contributed by atoms with Crippen molar-refractivity contribution >= 4 is 5.70 Å². The number of hydrogen-bond acceptors (Lipinski definition) is 4. The first-order chi connectivity index (χ1) is 12.6. The largest absolute Gasteiger partial charge is 0.507 e. The fraction of sp³-hybridized carbons (Fsp3) is 0.478. The average molecular weight is 374 g/mol. The zero-order chi connectivity index (χ0) is 21.0. The smallest absolute Gasteiger partial charge is 0.124 e. The lowest BCUT2D eigenvalue weighted by molar-refractivity contribution is 0.310. The molecule has 1 aromatic carbocycles. The van der Waals surface area contributed by atoms with Gasteiger partial charge in [0.1, 0.15) is 5.75 Å². The summed E-state index contributed by atoms with van der Waals surface area (Å²) in [7, 11) is 0. The van der Waals surface area contributed by atoms with Gasteiger partial charge in [0.2, 0.25) is 0 Å². The van der Waals surface area contributed by atoms with Gasteiger partial charge < -0.3 is 21.5 Å². The Bertz CT molecular complexity index is 649. The number of rotatable bonds is 7. The SMILES string of the molecule is CC=C(C)C.CCCN(CC(C)C)C(/C=C(\N)c1ccccc1O)=C(\C)N. The van der Waals surface area contributed by atoms with Crippen LogP contribution in [0.3, 0.4) is 0 Å². The molecule has 0 spiro atoms. The molecule has 5 N–H and O–H groups in total. The summed E-state index contributed by atoms with van der Waals surface area (Å²) in [6.07, 6.45) is 4.98. The van der Waals surface area contributed by atoms with E-state index in [4.69, 9.17) is 11.5 Å². The summed E-state index contributed by atoms with van der Waals surface area (Å²) in [6, 6.07) is 7.06. The summed E-state index contributed by atoms with van der Waals surface area (Å²) < 4.78 is 0. The van der Waals surface area contributed by atoms with Crippen molar-refractivity contribution in [2.75, 3.05) is 13.1 Å². The van der Waals surface area contributed by atoms with Crippen LogP contribution in [0.5, 0.6) is 5.75 Å². The molecule has 27 heavy (non-hydrogen) atoms. The van der Waals surface area contributed by atoms with Crippen molar-refractivity contribution < 1.29 is 5.11 Å². The summed E-state index contributed by atoms with van der Waals surface area (Å²) in [6.45, 7) is 16.4. The Balaban J connectivity index is 0.00000119. The highest BCUT2D eigenvalue weighted by atomic mass is 16.3. The van der Waals surface area contributed by atoms with E-state index in [1.807, 2.05) is 26.0 Å². The third-order valence-corrected chi connectivity index (χ3v) is 3.91. The maximum absolute atomic E-state index is 9.94. The van der Waals surface area contributed by atoms with Crippen LogP contribution < -0.4 is 11.5 Å². The standard InChI is InChI=1S/C18H29N3O.C5H10/c1-5-10-21(12-13(2)3)17(14(4)19)11-16(20)15-8-6-7-9-18(15)22;1-4-5(2)3/h6-9,11,13,22H,5,10,12,19-20H2,1-4H3;4H,1-3H3/b16-11-,17-14+;. The molecule has 0 heterocycles. The van der Waals surface area contributed by atoms with E-state index >= 15 is 0 Å². The normalized spacial score (nSPS) is 12.1. The summed E-state index contributed by atoms with van der Waals surface area (Å²) in [4.78, 5) is 2.26. The molecule has 0 atom stereocenters. The van der Waals surface area contributed by atoms with E-state index in [-0.39, 0.29) is 5.75 Å². The zero-order valence-corrected chi connectivity index (χ0v) is 18.2. The Morgan fingerprint density at radius 3 is 2.11 bits per heavy atom. The highest BCUT2D eigenvalue weighted by Crippen LogP contribution is 2.24. The van der Waals surface area contributed by atoms with Crippen LogP contribution in [0.4, 0.5) is 0 Å². The molecule has 1 rings (SSSR count). The number of nitrogens with two attached hydrogens (primary N) is 2. The predicted molar refractivity (Wildman–Crippen MR) is 119 cm³/mol. The predicted octanol–water partition coefficient (Wildman–Crippen LogP) is 5.22. The van der Waals surface area contributed by atoms with Gasteiger partial charge in [-0.05, 0) is 58.2 Å². The van der Waals surface area contributed by atoms with E-state index in [2.05, 4.69) is 45.6 Å². The lowest BCUT2D eigenvalue weighted by Crippen LogP contribution is -2.29. The fourth-order valence-electron chi connectivity index (χ4n) is 2.42. The monoisotopic (exact) mass is 373 g/mol. The van der Waals surface area contributed by atoms with Crippen molar-refractivity contribution in [2.45, 2.75) is 54.9 Å². The van der Waals surface area contributed by atoms with E-state index < -0.39 is 0 Å². The summed E-state index contributed by atoms with van der Waals surface area (Å²) >= 11 is 0. The van der Waals surface area contributed by atoms with E-state index in [1.54, 1.807) is 18.2 Å². The molecule has 0 bridgehead atoms. The van der Waals surface area contributed by atoms with Crippen LogP contribution in [0.1, 0.15) is 60.5 Å². The topological polar surface area (TPSA) is 75.5 Å². The second-order valence-electron chi connectivity index (χ2n) is 7.39. The number of benzene rings is 1. The van der Waals surface area contributed by atoms with Crippen molar-refractivity contribution in [1.29, 1.82) is 0 Å². The van der Waals surface area contributed by atoms with Crippen LogP contribution in [-0.4, -0.2) is 23.1 Å². The molecule has 4 heteroatoms. The average Bonchev–Trinajstić information content (AvgIpc) is 2.59. The quantitative estimate of drug-likeness (QED) is 0.452. The molecule has 1 aromatic rings. The first kappa shape index (κ1) is 24.6. The fourth-order valence-corrected chi connectivity index (χ4v) is 2.42. The zero-order valence-electron chi connectivity index (χ0n) is 18.2. The second kappa shape index (κ2) is 12.9. The van der Waals surface area contributed by atoms with Crippen molar-refractivity contribution in [3.05, 3.63) is 58.9 Å². The maximum Gasteiger partial charge on any atom is 0.124 e. The molecular weight excluding hydrogens is 334 g/mol. The molecule has 0 aliphatic carbocycles. The highest BCUT2D eigenvalue weighted by molar-refractivity contribution is 5.69. The van der Waals surface area contributed by atoms with Crippen LogP contribution in [0.2, 0.25) is 0 Å². The summed E-state index contributed by atoms with van der Waals surface area (Å²) in [5.41, 5.74) is 16.4. The molecule has 0 aliphatic heterocycles. The van der Waals surface area contributed by atoms with Gasteiger partial charge in [0.15, 0.2) is 0 Å². The van der Waals surface area contributed by atoms with Gasteiger partial charge in [-0.3, -0.25) is 0 Å². The van der Waals surface area contributed by atoms with Crippen LogP contribution in [0, 0.1) is 5.92 Å². The molecule has 0 saturated carbocycles. The minimum absolute atomic E-state index is 0.177. The molecule has 4 nitrogen and oxygen atoms in total. The van der Waals surface area contributed by atoms with E-state index in [0.717, 1.165) is 30.9 Å². The third kappa shape index (κ3) is 9.78. The number of para-hydroxylation sites is 1. The molecule has 152 valence electrons. The van der Waals surface area contributed by atoms with Crippen LogP contribution >= 0.6 is 0 Å². The molecule has 0 unspecified atom stereocenters. The summed E-state index contributed by atoms with van der Waals surface area (Å²) in [5, 5.41) is 9.94. The first-order valence-electron chi connectivity index (χ1n) is 9.70. The second-order valence-corrected chi connectivity index (χ2v) is 7.39. The number of nitrogens with zero attached hydrogens (tertiary/aromatic N) is 1. The van der Waals surface area contributed by atoms with Crippen LogP contribution in [0.25, 0.3) is 5.70 Å². The number of phenolic OH excluding ortho intramolecular Hbond substituents is 1. The molecule has 0 fully saturated rings. The number of allylic oxidation sites excluding steroid dienone is 4. The first-order valence-corrected chi connectivity index (χ1v) is 9.70. The molecule has 0 amide bonds. The molecular formula is C23H39N3O. The maximum atomic E-state index is 9.94. The Kier molecular flexibility index (Phi) is 11.8. The van der Waals surface area contributed by atoms with Gasteiger partial charge in [-0.25, -0.2) is 0 Å². The van der Waals surface area contributed by atoms with E-state index in [9.17, 15) is 5.11 Å². The lowest BCUT2D eigenvalue weighted by atomic mass is 10.1. The minimum Gasteiger partial charge on any atom is -0.507 e. The third-order valence-electron chi connectivity index (χ3n) is 3.91.